The number of aromatic nitrogens is 2. The summed E-state index contributed by atoms with van der Waals surface area (Å²) in [5.74, 6) is 0.603. The van der Waals surface area contributed by atoms with Crippen LogP contribution in [0.1, 0.15) is 32.6 Å². The number of rotatable bonds is 7. The van der Waals surface area contributed by atoms with Crippen LogP contribution in [0.4, 0.5) is 5.82 Å². The minimum Gasteiger partial charge on any atom is -0.382 e. The van der Waals surface area contributed by atoms with Crippen molar-refractivity contribution in [3.63, 3.8) is 0 Å². The van der Waals surface area contributed by atoms with E-state index in [0.717, 1.165) is 39.1 Å². The first-order chi connectivity index (χ1) is 9.28. The molecule has 1 aliphatic heterocycles. The summed E-state index contributed by atoms with van der Waals surface area (Å²) in [4.78, 5) is 2.51. The predicted molar refractivity (Wildman–Crippen MR) is 77.0 cm³/mol. The lowest BCUT2D eigenvalue weighted by molar-refractivity contribution is -0.000509. The lowest BCUT2D eigenvalue weighted by Gasteiger charge is -2.32. The Labute approximate surface area is 115 Å². The Kier molecular flexibility index (Phi) is 5.66. The fraction of sp³-hybridized carbons (Fsp3) is 0.786. The number of piperidine rings is 1. The van der Waals surface area contributed by atoms with Gasteiger partial charge in [0.1, 0.15) is 5.82 Å². The number of hydrogen-bond donors (Lipinski definition) is 1. The van der Waals surface area contributed by atoms with E-state index in [4.69, 9.17) is 10.5 Å². The standard InChI is InChI=1S/C14H26N4O/c1-2-11-19-13-5-3-7-17(12-13)8-4-9-18-10-6-14(15)16-18/h6,10,13H,2-5,7-9,11-12H2,1H3,(H2,15,16). The molecule has 1 atom stereocenters. The van der Waals surface area contributed by atoms with Crippen molar-refractivity contribution < 1.29 is 4.74 Å². The summed E-state index contributed by atoms with van der Waals surface area (Å²) in [5.41, 5.74) is 5.60. The number of nitrogen functional groups attached to an aromatic ring is 1. The molecule has 1 fully saturated rings. The van der Waals surface area contributed by atoms with Gasteiger partial charge in [-0.15, -0.1) is 0 Å². The minimum atomic E-state index is 0.439. The van der Waals surface area contributed by atoms with Crippen LogP contribution in [-0.4, -0.2) is 47.0 Å². The van der Waals surface area contributed by atoms with Gasteiger partial charge < -0.3 is 15.4 Å². The van der Waals surface area contributed by atoms with E-state index in [9.17, 15) is 0 Å². The van der Waals surface area contributed by atoms with Crippen LogP contribution in [0.2, 0.25) is 0 Å². The Morgan fingerprint density at radius 3 is 3.11 bits per heavy atom. The fourth-order valence-electron chi connectivity index (χ4n) is 2.60. The molecule has 0 aromatic carbocycles. The molecule has 2 heterocycles. The Morgan fingerprint density at radius 1 is 1.47 bits per heavy atom. The molecule has 1 aromatic heterocycles. The van der Waals surface area contributed by atoms with Gasteiger partial charge in [0.05, 0.1) is 6.10 Å². The number of anilines is 1. The normalized spacial score (nSPS) is 20.8. The van der Waals surface area contributed by atoms with E-state index in [-0.39, 0.29) is 0 Å². The summed E-state index contributed by atoms with van der Waals surface area (Å²) in [6.45, 7) is 7.40. The quantitative estimate of drug-likeness (QED) is 0.817. The van der Waals surface area contributed by atoms with Gasteiger partial charge in [0.2, 0.25) is 0 Å². The van der Waals surface area contributed by atoms with Crippen LogP contribution in [0.25, 0.3) is 0 Å². The Morgan fingerprint density at radius 2 is 2.37 bits per heavy atom. The predicted octanol–water partition coefficient (Wildman–Crippen LogP) is 1.75. The molecule has 108 valence electrons. The molecule has 0 spiro atoms. The summed E-state index contributed by atoms with van der Waals surface area (Å²) in [7, 11) is 0. The monoisotopic (exact) mass is 266 g/mol. The van der Waals surface area contributed by atoms with Gasteiger partial charge >= 0.3 is 0 Å². The lowest BCUT2D eigenvalue weighted by Crippen LogP contribution is -2.40. The van der Waals surface area contributed by atoms with Crippen LogP contribution in [0.5, 0.6) is 0 Å². The number of aryl methyl sites for hydroxylation is 1. The van der Waals surface area contributed by atoms with E-state index >= 15 is 0 Å². The summed E-state index contributed by atoms with van der Waals surface area (Å²) >= 11 is 0. The molecule has 1 aromatic rings. The zero-order valence-corrected chi connectivity index (χ0v) is 11.9. The van der Waals surface area contributed by atoms with Crippen LogP contribution >= 0.6 is 0 Å². The van der Waals surface area contributed by atoms with E-state index in [1.807, 2.05) is 16.9 Å². The van der Waals surface area contributed by atoms with Crippen molar-refractivity contribution in [2.45, 2.75) is 45.3 Å². The average molecular weight is 266 g/mol. The Bertz CT molecular complexity index is 366. The summed E-state index contributed by atoms with van der Waals surface area (Å²) < 4.78 is 7.78. The Balaban J connectivity index is 1.65. The van der Waals surface area contributed by atoms with Gasteiger partial charge in [-0.25, -0.2) is 0 Å². The van der Waals surface area contributed by atoms with Gasteiger partial charge in [-0.3, -0.25) is 4.68 Å². The molecule has 1 saturated heterocycles. The van der Waals surface area contributed by atoms with Crippen molar-refractivity contribution in [3.8, 4) is 0 Å². The number of hydrogen-bond acceptors (Lipinski definition) is 4. The second-order valence-electron chi connectivity index (χ2n) is 5.29. The third kappa shape index (κ3) is 4.84. The second-order valence-corrected chi connectivity index (χ2v) is 5.29. The van der Waals surface area contributed by atoms with Gasteiger partial charge in [-0.05, 0) is 44.8 Å². The second kappa shape index (κ2) is 7.50. The van der Waals surface area contributed by atoms with E-state index in [1.54, 1.807) is 0 Å². The van der Waals surface area contributed by atoms with Crippen LogP contribution in [0.15, 0.2) is 12.3 Å². The highest BCUT2D eigenvalue weighted by Crippen LogP contribution is 2.14. The molecule has 1 unspecified atom stereocenters. The smallest absolute Gasteiger partial charge is 0.145 e. The van der Waals surface area contributed by atoms with E-state index in [2.05, 4.69) is 16.9 Å². The fourth-order valence-corrected chi connectivity index (χ4v) is 2.60. The molecule has 5 heteroatoms. The Hall–Kier alpha value is -1.07. The highest BCUT2D eigenvalue weighted by Gasteiger charge is 2.19. The number of ether oxygens (including phenoxy) is 1. The van der Waals surface area contributed by atoms with Crippen molar-refractivity contribution in [2.24, 2.45) is 0 Å². The van der Waals surface area contributed by atoms with E-state index in [0.29, 0.717) is 11.9 Å². The molecule has 1 aliphatic rings. The minimum absolute atomic E-state index is 0.439. The molecule has 19 heavy (non-hydrogen) atoms. The largest absolute Gasteiger partial charge is 0.382 e. The highest BCUT2D eigenvalue weighted by molar-refractivity contribution is 5.23. The van der Waals surface area contributed by atoms with Gasteiger partial charge in [-0.2, -0.15) is 5.10 Å². The van der Waals surface area contributed by atoms with Crippen molar-refractivity contribution in [1.29, 1.82) is 0 Å². The van der Waals surface area contributed by atoms with Crippen molar-refractivity contribution >= 4 is 5.82 Å². The summed E-state index contributed by atoms with van der Waals surface area (Å²) in [6, 6.07) is 1.84. The molecule has 0 bridgehead atoms. The van der Waals surface area contributed by atoms with Gasteiger partial charge in [0.25, 0.3) is 0 Å². The maximum absolute atomic E-state index is 5.85. The highest BCUT2D eigenvalue weighted by atomic mass is 16.5. The van der Waals surface area contributed by atoms with Crippen molar-refractivity contribution in [1.82, 2.24) is 14.7 Å². The van der Waals surface area contributed by atoms with E-state index < -0.39 is 0 Å². The number of nitrogens with zero attached hydrogens (tertiary/aromatic N) is 3. The zero-order chi connectivity index (χ0) is 13.5. The zero-order valence-electron chi connectivity index (χ0n) is 11.9. The van der Waals surface area contributed by atoms with Crippen LogP contribution in [-0.2, 0) is 11.3 Å². The van der Waals surface area contributed by atoms with Gasteiger partial charge in [0, 0.05) is 25.9 Å². The molecule has 5 nitrogen and oxygen atoms in total. The molecule has 0 radical (unpaired) electrons. The first-order valence-electron chi connectivity index (χ1n) is 7.41. The van der Waals surface area contributed by atoms with Crippen molar-refractivity contribution in [3.05, 3.63) is 12.3 Å². The average Bonchev–Trinajstić information content (AvgIpc) is 2.83. The maximum Gasteiger partial charge on any atom is 0.145 e. The lowest BCUT2D eigenvalue weighted by atomic mass is 10.1. The molecule has 0 amide bonds. The molecule has 0 saturated carbocycles. The third-order valence-electron chi connectivity index (χ3n) is 3.54. The van der Waals surface area contributed by atoms with Gasteiger partial charge in [0.15, 0.2) is 0 Å². The molecular formula is C14H26N4O. The first kappa shape index (κ1) is 14.3. The van der Waals surface area contributed by atoms with Crippen molar-refractivity contribution in [2.75, 3.05) is 32.0 Å². The maximum atomic E-state index is 5.85. The SMILES string of the molecule is CCCOC1CCCN(CCCn2ccc(N)n2)C1. The van der Waals surface area contributed by atoms with E-state index in [1.165, 1.54) is 19.4 Å². The summed E-state index contributed by atoms with van der Waals surface area (Å²) in [5, 5.41) is 4.20. The topological polar surface area (TPSA) is 56.3 Å². The third-order valence-corrected chi connectivity index (χ3v) is 3.54. The van der Waals surface area contributed by atoms with Crippen LogP contribution in [0, 0.1) is 0 Å². The number of nitrogens with two attached hydrogens (primary N) is 1. The molecule has 2 rings (SSSR count). The molecule has 2 N–H and O–H groups in total. The van der Waals surface area contributed by atoms with Gasteiger partial charge in [-0.1, -0.05) is 6.92 Å². The summed E-state index contributed by atoms with van der Waals surface area (Å²) in [6.07, 6.45) is 7.07. The van der Waals surface area contributed by atoms with Crippen LogP contribution < -0.4 is 5.73 Å². The number of likely N-dealkylation sites (tertiary alicyclic amines) is 1. The molecule has 0 aliphatic carbocycles. The molecular weight excluding hydrogens is 240 g/mol. The van der Waals surface area contributed by atoms with Crippen LogP contribution in [0.3, 0.4) is 0 Å². The first-order valence-corrected chi connectivity index (χ1v) is 7.41.